The van der Waals surface area contributed by atoms with E-state index in [0.717, 1.165) is 38.5 Å². The van der Waals surface area contributed by atoms with Crippen LogP contribution in [0.5, 0.6) is 0 Å². The van der Waals surface area contributed by atoms with Crippen molar-refractivity contribution >= 4 is 5.91 Å². The predicted molar refractivity (Wildman–Crippen MR) is 78.3 cm³/mol. The van der Waals surface area contributed by atoms with Crippen LogP contribution >= 0.6 is 0 Å². The fourth-order valence-electron chi connectivity index (χ4n) is 4.44. The largest absolute Gasteiger partial charge is 0.389 e. The third kappa shape index (κ3) is 1.96. The number of aryl methyl sites for hydroxylation is 1. The van der Waals surface area contributed by atoms with E-state index in [4.69, 9.17) is 5.73 Å². The van der Waals surface area contributed by atoms with E-state index in [1.807, 2.05) is 0 Å². The van der Waals surface area contributed by atoms with Gasteiger partial charge in [-0.3, -0.25) is 4.79 Å². The van der Waals surface area contributed by atoms with Crippen LogP contribution in [0.2, 0.25) is 0 Å². The first-order chi connectivity index (χ1) is 9.57. The number of nitrogens with two attached hydrogens (primary N) is 1. The van der Waals surface area contributed by atoms with Crippen molar-refractivity contribution in [2.24, 2.45) is 5.73 Å². The Morgan fingerprint density at radius 2 is 1.90 bits per heavy atom. The summed E-state index contributed by atoms with van der Waals surface area (Å²) in [6.07, 6.45) is 6.79. The van der Waals surface area contributed by atoms with Crippen LogP contribution in [0.4, 0.5) is 0 Å². The van der Waals surface area contributed by atoms with E-state index in [2.05, 4.69) is 24.3 Å². The molecule has 1 amide bonds. The predicted octanol–water partition coefficient (Wildman–Crippen LogP) is 2.44. The first kappa shape index (κ1) is 13.6. The van der Waals surface area contributed by atoms with Gasteiger partial charge in [-0.1, -0.05) is 37.1 Å². The molecular weight excluding hydrogens is 250 g/mol. The fourth-order valence-corrected chi connectivity index (χ4v) is 4.44. The minimum Gasteiger partial charge on any atom is -0.389 e. The lowest BCUT2D eigenvalue weighted by atomic mass is 9.58. The second-order valence-corrected chi connectivity index (χ2v) is 6.44. The molecular formula is C17H23NO2. The molecule has 3 heteroatoms. The molecule has 0 aliphatic heterocycles. The van der Waals surface area contributed by atoms with Gasteiger partial charge in [0.15, 0.2) is 0 Å². The first-order valence-corrected chi connectivity index (χ1v) is 7.67. The summed E-state index contributed by atoms with van der Waals surface area (Å²) in [7, 11) is 0. The Morgan fingerprint density at radius 3 is 2.60 bits per heavy atom. The van der Waals surface area contributed by atoms with Crippen LogP contribution < -0.4 is 5.73 Å². The number of aliphatic hydroxyl groups is 1. The number of hydrogen-bond donors (Lipinski definition) is 2. The van der Waals surface area contributed by atoms with Crippen LogP contribution in [-0.2, 0) is 16.6 Å². The molecule has 0 saturated heterocycles. The molecule has 0 radical (unpaired) electrons. The van der Waals surface area contributed by atoms with E-state index >= 15 is 0 Å². The maximum absolute atomic E-state index is 11.3. The van der Waals surface area contributed by atoms with E-state index < -0.39 is 5.60 Å². The summed E-state index contributed by atoms with van der Waals surface area (Å²) in [4.78, 5) is 11.1. The van der Waals surface area contributed by atoms with Crippen molar-refractivity contribution < 1.29 is 9.90 Å². The number of fused-ring (bicyclic) bond motifs is 2. The Balaban J connectivity index is 2.02. The molecule has 2 aliphatic carbocycles. The molecule has 1 atom stereocenters. The Labute approximate surface area is 120 Å². The zero-order valence-corrected chi connectivity index (χ0v) is 11.9. The van der Waals surface area contributed by atoms with Crippen LogP contribution in [0, 0.1) is 0 Å². The maximum atomic E-state index is 11.3. The van der Waals surface area contributed by atoms with Gasteiger partial charge in [-0.15, -0.1) is 0 Å². The van der Waals surface area contributed by atoms with Gasteiger partial charge in [-0.05, 0) is 43.2 Å². The quantitative estimate of drug-likeness (QED) is 0.888. The zero-order valence-electron chi connectivity index (χ0n) is 11.9. The third-order valence-electron chi connectivity index (χ3n) is 5.47. The van der Waals surface area contributed by atoms with Crippen LogP contribution in [0.1, 0.15) is 56.1 Å². The van der Waals surface area contributed by atoms with Gasteiger partial charge in [0.05, 0.1) is 5.60 Å². The fraction of sp³-hybridized carbons (Fsp3) is 0.588. The monoisotopic (exact) mass is 273 g/mol. The number of rotatable bonds is 3. The van der Waals surface area contributed by atoms with Gasteiger partial charge < -0.3 is 10.8 Å². The molecule has 1 fully saturated rings. The standard InChI is InChI=1S/C17H23NO2/c18-15(19)8-12-17(20)11-7-13-5-1-2-6-14(13)16(17)9-3-4-10-16/h1-2,5-6,20H,3-4,7-12H2,(H2,18,19). The summed E-state index contributed by atoms with van der Waals surface area (Å²) >= 11 is 0. The normalized spacial score (nSPS) is 27.4. The molecule has 2 aliphatic rings. The molecule has 1 saturated carbocycles. The molecule has 3 nitrogen and oxygen atoms in total. The third-order valence-corrected chi connectivity index (χ3v) is 5.47. The van der Waals surface area contributed by atoms with Crippen molar-refractivity contribution in [1.29, 1.82) is 0 Å². The molecule has 20 heavy (non-hydrogen) atoms. The summed E-state index contributed by atoms with van der Waals surface area (Å²) in [6, 6.07) is 8.51. The van der Waals surface area contributed by atoms with Crippen LogP contribution in [-0.4, -0.2) is 16.6 Å². The summed E-state index contributed by atoms with van der Waals surface area (Å²) in [5.74, 6) is -0.314. The van der Waals surface area contributed by atoms with Crippen LogP contribution in [0.15, 0.2) is 24.3 Å². The first-order valence-electron chi connectivity index (χ1n) is 7.67. The lowest BCUT2D eigenvalue weighted by Crippen LogP contribution is -2.53. The van der Waals surface area contributed by atoms with Crippen molar-refractivity contribution in [3.05, 3.63) is 35.4 Å². The topological polar surface area (TPSA) is 63.3 Å². The minimum absolute atomic E-state index is 0.155. The van der Waals surface area contributed by atoms with Crippen LogP contribution in [0.25, 0.3) is 0 Å². The molecule has 3 rings (SSSR count). The Morgan fingerprint density at radius 1 is 1.20 bits per heavy atom. The number of hydrogen-bond acceptors (Lipinski definition) is 2. The molecule has 1 aromatic carbocycles. The second kappa shape index (κ2) is 4.88. The summed E-state index contributed by atoms with van der Waals surface area (Å²) < 4.78 is 0. The van der Waals surface area contributed by atoms with Crippen molar-refractivity contribution in [2.75, 3.05) is 0 Å². The molecule has 1 aromatic rings. The van der Waals surface area contributed by atoms with Crippen molar-refractivity contribution in [2.45, 2.75) is 62.4 Å². The highest BCUT2D eigenvalue weighted by Gasteiger charge is 2.54. The van der Waals surface area contributed by atoms with Crippen molar-refractivity contribution in [1.82, 2.24) is 0 Å². The van der Waals surface area contributed by atoms with Gasteiger partial charge in [0.2, 0.25) is 5.91 Å². The number of carbonyl (C=O) groups excluding carboxylic acids is 1. The molecule has 3 N–H and O–H groups in total. The molecule has 0 bridgehead atoms. The minimum atomic E-state index is -0.771. The second-order valence-electron chi connectivity index (χ2n) is 6.44. The zero-order chi connectivity index (χ0) is 14.2. The summed E-state index contributed by atoms with van der Waals surface area (Å²) in [5.41, 5.74) is 7.06. The van der Waals surface area contributed by atoms with Crippen LogP contribution in [0.3, 0.4) is 0 Å². The number of carbonyl (C=O) groups is 1. The lowest BCUT2D eigenvalue weighted by Gasteiger charge is -2.50. The van der Waals surface area contributed by atoms with E-state index in [9.17, 15) is 9.90 Å². The highest BCUT2D eigenvalue weighted by molar-refractivity contribution is 5.73. The van der Waals surface area contributed by atoms with Gasteiger partial charge in [-0.25, -0.2) is 0 Å². The Hall–Kier alpha value is -1.35. The highest BCUT2D eigenvalue weighted by Crippen LogP contribution is 2.55. The number of primary amides is 1. The SMILES string of the molecule is NC(=O)CCC1(O)CCc2ccccc2C12CCCC2. The molecule has 0 heterocycles. The van der Waals surface area contributed by atoms with Gasteiger partial charge >= 0.3 is 0 Å². The highest BCUT2D eigenvalue weighted by atomic mass is 16.3. The van der Waals surface area contributed by atoms with Gasteiger partial charge in [0.25, 0.3) is 0 Å². The molecule has 108 valence electrons. The smallest absolute Gasteiger partial charge is 0.217 e. The van der Waals surface area contributed by atoms with E-state index in [1.165, 1.54) is 11.1 Å². The summed E-state index contributed by atoms with van der Waals surface area (Å²) in [5, 5.41) is 11.3. The van der Waals surface area contributed by atoms with E-state index in [1.54, 1.807) is 0 Å². The van der Waals surface area contributed by atoms with E-state index in [-0.39, 0.29) is 17.7 Å². The van der Waals surface area contributed by atoms with E-state index in [0.29, 0.717) is 6.42 Å². The van der Waals surface area contributed by atoms with Gasteiger partial charge in [-0.2, -0.15) is 0 Å². The average Bonchev–Trinajstić information content (AvgIpc) is 2.93. The average molecular weight is 273 g/mol. The molecule has 1 unspecified atom stereocenters. The lowest BCUT2D eigenvalue weighted by molar-refractivity contribution is -0.121. The van der Waals surface area contributed by atoms with Crippen molar-refractivity contribution in [3.63, 3.8) is 0 Å². The van der Waals surface area contributed by atoms with Gasteiger partial charge in [0, 0.05) is 11.8 Å². The molecule has 0 aromatic heterocycles. The number of amides is 1. The summed E-state index contributed by atoms with van der Waals surface area (Å²) in [6.45, 7) is 0. The molecule has 1 spiro atoms. The Kier molecular flexibility index (Phi) is 3.33. The van der Waals surface area contributed by atoms with Gasteiger partial charge in [0.1, 0.15) is 0 Å². The Bertz CT molecular complexity index is 519. The van der Waals surface area contributed by atoms with Crippen molar-refractivity contribution in [3.8, 4) is 0 Å². The maximum Gasteiger partial charge on any atom is 0.217 e. The number of benzene rings is 1.